The van der Waals surface area contributed by atoms with Crippen LogP contribution < -0.4 is 11.1 Å². The summed E-state index contributed by atoms with van der Waals surface area (Å²) in [6, 6.07) is 16.6. The normalized spacial score (nSPS) is 11.3. The van der Waals surface area contributed by atoms with Crippen LogP contribution in [0.3, 0.4) is 0 Å². The second-order valence-corrected chi connectivity index (χ2v) is 11.0. The molecule has 0 amide bonds. The van der Waals surface area contributed by atoms with E-state index in [4.69, 9.17) is 15.7 Å². The van der Waals surface area contributed by atoms with Crippen molar-refractivity contribution in [1.82, 2.24) is 15.0 Å². The van der Waals surface area contributed by atoms with Gasteiger partial charge in [0.1, 0.15) is 16.9 Å². The van der Waals surface area contributed by atoms with Gasteiger partial charge in [-0.25, -0.2) is 9.97 Å². The zero-order valence-corrected chi connectivity index (χ0v) is 24.6. The highest BCUT2D eigenvalue weighted by Gasteiger charge is 2.18. The van der Waals surface area contributed by atoms with Gasteiger partial charge < -0.3 is 16.0 Å². The van der Waals surface area contributed by atoms with Gasteiger partial charge in [0, 0.05) is 29.0 Å². The number of nitrogens with zero attached hydrogens (tertiary/aromatic N) is 2. The first-order valence-corrected chi connectivity index (χ1v) is 15.6. The molecule has 0 saturated heterocycles. The highest BCUT2D eigenvalue weighted by Crippen LogP contribution is 2.33. The number of unbranched alkanes of at least 4 members (excludes halogenated alkanes) is 8. The summed E-state index contributed by atoms with van der Waals surface area (Å²) in [5.41, 5.74) is 10.5. The van der Waals surface area contributed by atoms with Crippen molar-refractivity contribution in [3.63, 3.8) is 0 Å². The Kier molecular flexibility index (Phi) is 11.9. The first-order chi connectivity index (χ1) is 19.7. The van der Waals surface area contributed by atoms with Crippen molar-refractivity contribution < 1.29 is 0 Å². The van der Waals surface area contributed by atoms with E-state index in [2.05, 4.69) is 78.5 Å². The summed E-state index contributed by atoms with van der Waals surface area (Å²) in [5.74, 6) is 9.03. The molecular formula is C35H47N5. The molecule has 0 aliphatic heterocycles. The van der Waals surface area contributed by atoms with Crippen molar-refractivity contribution in [2.45, 2.75) is 103 Å². The average Bonchev–Trinajstić information content (AvgIpc) is 3.43. The van der Waals surface area contributed by atoms with Crippen molar-refractivity contribution in [1.29, 1.82) is 0 Å². The van der Waals surface area contributed by atoms with Gasteiger partial charge in [-0.2, -0.15) is 0 Å². The van der Waals surface area contributed by atoms with E-state index in [1.54, 1.807) is 0 Å². The highest BCUT2D eigenvalue weighted by atomic mass is 15.0. The number of rotatable bonds is 16. The fourth-order valence-electron chi connectivity index (χ4n) is 5.46. The molecule has 0 atom stereocenters. The smallest absolute Gasteiger partial charge is 0.157 e. The standard InChI is InChI=1S/C35H47N5/c1-3-17-28(18-4-2)34-39-32-30-20-14-15-21-31(30)38-35(33(32)40-34)37-29-24-22-27(23-25-29)19-13-11-9-7-5-6-8-10-12-16-26-36/h14-15,20-25,28H,3-12,16-18,26,36H2,1-2H3,(H,37,38)(H,39,40). The van der Waals surface area contributed by atoms with Gasteiger partial charge in [0.05, 0.1) is 5.52 Å². The van der Waals surface area contributed by atoms with E-state index in [1.807, 2.05) is 6.07 Å². The molecule has 5 heteroatoms. The van der Waals surface area contributed by atoms with Gasteiger partial charge in [0.2, 0.25) is 0 Å². The molecule has 4 aromatic rings. The van der Waals surface area contributed by atoms with Gasteiger partial charge in [-0.3, -0.25) is 0 Å². The van der Waals surface area contributed by atoms with Crippen molar-refractivity contribution in [3.05, 3.63) is 59.9 Å². The molecule has 2 aromatic carbocycles. The topological polar surface area (TPSA) is 79.6 Å². The molecule has 5 nitrogen and oxygen atoms in total. The quantitative estimate of drug-likeness (QED) is 0.0982. The highest BCUT2D eigenvalue weighted by molar-refractivity contribution is 6.07. The lowest BCUT2D eigenvalue weighted by Crippen LogP contribution is -2.00. The van der Waals surface area contributed by atoms with Crippen LogP contribution in [-0.2, 0) is 0 Å². The van der Waals surface area contributed by atoms with Gasteiger partial charge in [-0.05, 0) is 62.6 Å². The third kappa shape index (κ3) is 8.32. The number of aromatic nitrogens is 3. The van der Waals surface area contributed by atoms with Crippen LogP contribution in [0.4, 0.5) is 11.5 Å². The first-order valence-electron chi connectivity index (χ1n) is 15.6. The Balaban J connectivity index is 1.39. The molecule has 0 bridgehead atoms. The third-order valence-corrected chi connectivity index (χ3v) is 7.65. The van der Waals surface area contributed by atoms with E-state index in [0.29, 0.717) is 5.92 Å². The number of anilines is 2. The number of pyridine rings is 1. The maximum atomic E-state index is 5.56. The number of nitrogens with one attached hydrogen (secondary N) is 2. The minimum absolute atomic E-state index is 0.443. The maximum absolute atomic E-state index is 5.56. The van der Waals surface area contributed by atoms with Crippen LogP contribution in [0.1, 0.15) is 115 Å². The summed E-state index contributed by atoms with van der Waals surface area (Å²) in [5, 5.41) is 4.65. The van der Waals surface area contributed by atoms with Gasteiger partial charge in [0.15, 0.2) is 5.82 Å². The molecular weight excluding hydrogens is 490 g/mol. The van der Waals surface area contributed by atoms with Crippen LogP contribution in [0.2, 0.25) is 0 Å². The number of hydrogen-bond acceptors (Lipinski definition) is 4. The van der Waals surface area contributed by atoms with Crippen molar-refractivity contribution in [2.24, 2.45) is 5.73 Å². The van der Waals surface area contributed by atoms with Gasteiger partial charge in [-0.15, -0.1) is 0 Å². The largest absolute Gasteiger partial charge is 0.339 e. The molecule has 0 unspecified atom stereocenters. The number of aromatic amines is 1. The van der Waals surface area contributed by atoms with Crippen LogP contribution in [-0.4, -0.2) is 21.5 Å². The lowest BCUT2D eigenvalue weighted by molar-refractivity contribution is 0.539. The Labute approximate surface area is 240 Å². The Bertz CT molecular complexity index is 1370. The van der Waals surface area contributed by atoms with Crippen LogP contribution in [0.15, 0.2) is 48.5 Å². The van der Waals surface area contributed by atoms with Crippen LogP contribution in [0.5, 0.6) is 0 Å². The molecule has 2 aromatic heterocycles. The van der Waals surface area contributed by atoms with E-state index in [9.17, 15) is 0 Å². The number of imidazole rings is 1. The zero-order chi connectivity index (χ0) is 28.0. The maximum Gasteiger partial charge on any atom is 0.157 e. The van der Waals surface area contributed by atoms with E-state index in [0.717, 1.165) is 83.5 Å². The fourth-order valence-corrected chi connectivity index (χ4v) is 5.46. The Morgan fingerprint density at radius 3 is 2.20 bits per heavy atom. The molecule has 4 N–H and O–H groups in total. The second kappa shape index (κ2) is 16.0. The number of para-hydroxylation sites is 1. The zero-order valence-electron chi connectivity index (χ0n) is 24.6. The summed E-state index contributed by atoms with van der Waals surface area (Å²) in [6.45, 7) is 5.32. The first kappa shape index (κ1) is 29.6. The number of hydrogen-bond donors (Lipinski definition) is 3. The van der Waals surface area contributed by atoms with Gasteiger partial charge in [-0.1, -0.05) is 95.3 Å². The van der Waals surface area contributed by atoms with E-state index in [-0.39, 0.29) is 0 Å². The summed E-state index contributed by atoms with van der Waals surface area (Å²) < 4.78 is 0. The summed E-state index contributed by atoms with van der Waals surface area (Å²) in [7, 11) is 0. The van der Waals surface area contributed by atoms with E-state index in [1.165, 1.54) is 51.4 Å². The number of fused-ring (bicyclic) bond motifs is 3. The summed E-state index contributed by atoms with van der Waals surface area (Å²) in [6.07, 6.45) is 15.8. The average molecular weight is 538 g/mol. The number of nitrogens with two attached hydrogens (primary N) is 1. The van der Waals surface area contributed by atoms with Crippen molar-refractivity contribution in [2.75, 3.05) is 11.9 Å². The molecule has 0 radical (unpaired) electrons. The van der Waals surface area contributed by atoms with E-state index >= 15 is 0 Å². The molecule has 212 valence electrons. The van der Waals surface area contributed by atoms with Crippen molar-refractivity contribution >= 4 is 33.4 Å². The van der Waals surface area contributed by atoms with Crippen LogP contribution in [0.25, 0.3) is 21.9 Å². The lowest BCUT2D eigenvalue weighted by atomic mass is 9.98. The second-order valence-electron chi connectivity index (χ2n) is 11.0. The minimum atomic E-state index is 0.443. The molecule has 0 aliphatic carbocycles. The summed E-state index contributed by atoms with van der Waals surface area (Å²) >= 11 is 0. The van der Waals surface area contributed by atoms with Crippen LogP contribution in [0, 0.1) is 11.8 Å². The fraction of sp³-hybridized carbons (Fsp3) is 0.486. The van der Waals surface area contributed by atoms with Crippen molar-refractivity contribution in [3.8, 4) is 11.8 Å². The molecule has 0 fully saturated rings. The third-order valence-electron chi connectivity index (χ3n) is 7.65. The molecule has 0 saturated carbocycles. The molecule has 0 aliphatic rings. The van der Waals surface area contributed by atoms with Gasteiger partial charge in [0.25, 0.3) is 0 Å². The van der Waals surface area contributed by atoms with Gasteiger partial charge >= 0.3 is 0 Å². The number of H-pyrrole nitrogens is 1. The minimum Gasteiger partial charge on any atom is -0.339 e. The van der Waals surface area contributed by atoms with Crippen LogP contribution >= 0.6 is 0 Å². The Hall–Kier alpha value is -3.36. The SMILES string of the molecule is CCCC(CCC)c1nc2c([nH]1)c(Nc1ccc(C#CCCCCCCCCCCN)cc1)nc1ccccc12. The number of benzene rings is 2. The Morgan fingerprint density at radius 1 is 0.825 bits per heavy atom. The lowest BCUT2D eigenvalue weighted by Gasteiger charge is -2.11. The van der Waals surface area contributed by atoms with E-state index < -0.39 is 0 Å². The summed E-state index contributed by atoms with van der Waals surface area (Å²) in [4.78, 5) is 13.8. The molecule has 4 rings (SSSR count). The predicted octanol–water partition coefficient (Wildman–Crippen LogP) is 9.36. The molecule has 0 spiro atoms. The monoisotopic (exact) mass is 537 g/mol. The Morgan fingerprint density at radius 2 is 1.50 bits per heavy atom. The predicted molar refractivity (Wildman–Crippen MR) is 171 cm³/mol. The molecule has 40 heavy (non-hydrogen) atoms. The molecule has 2 heterocycles.